The van der Waals surface area contributed by atoms with Crippen molar-refractivity contribution in [2.45, 2.75) is 13.5 Å². The molecule has 0 atom stereocenters. The van der Waals surface area contributed by atoms with Crippen molar-refractivity contribution in [3.63, 3.8) is 0 Å². The summed E-state index contributed by atoms with van der Waals surface area (Å²) in [4.78, 5) is 13.0. The van der Waals surface area contributed by atoms with Crippen molar-refractivity contribution in [2.75, 3.05) is 7.11 Å². The second-order valence-corrected chi connectivity index (χ2v) is 6.51. The average Bonchev–Trinajstić information content (AvgIpc) is 3.38. The number of nitriles is 1. The standard InChI is InChI=1S/C21H18N6O2/c1-14-25-27(21(28)26(14)13-16-5-3-4-15(8-16)10-22)18-6-7-19(20(9-18)29-2)17-11-23-24-12-17/h3-9,11-12H,13H2,1-2H3,(H,23,24). The fourth-order valence-electron chi connectivity index (χ4n) is 3.21. The van der Waals surface area contributed by atoms with Crippen LogP contribution in [-0.4, -0.2) is 31.7 Å². The molecule has 0 amide bonds. The molecule has 0 bridgehead atoms. The molecule has 0 aliphatic rings. The predicted octanol–water partition coefficient (Wildman–Crippen LogP) is 2.66. The molecule has 4 aromatic rings. The maximum atomic E-state index is 13.0. The molecule has 0 radical (unpaired) electrons. The van der Waals surface area contributed by atoms with E-state index in [9.17, 15) is 4.79 Å². The van der Waals surface area contributed by atoms with E-state index in [4.69, 9.17) is 10.00 Å². The Kier molecular flexibility index (Phi) is 4.71. The number of aryl methyl sites for hydroxylation is 1. The monoisotopic (exact) mass is 386 g/mol. The molecular weight excluding hydrogens is 368 g/mol. The van der Waals surface area contributed by atoms with Crippen molar-refractivity contribution in [1.29, 1.82) is 5.26 Å². The van der Waals surface area contributed by atoms with Crippen LogP contribution in [0.4, 0.5) is 0 Å². The predicted molar refractivity (Wildman–Crippen MR) is 107 cm³/mol. The SMILES string of the molecule is COc1cc(-n2nc(C)n(Cc3cccc(C#N)c3)c2=O)ccc1-c1cn[nH]c1. The van der Waals surface area contributed by atoms with E-state index in [-0.39, 0.29) is 5.69 Å². The molecule has 29 heavy (non-hydrogen) atoms. The lowest BCUT2D eigenvalue weighted by atomic mass is 10.1. The van der Waals surface area contributed by atoms with Crippen molar-refractivity contribution < 1.29 is 4.74 Å². The van der Waals surface area contributed by atoms with Crippen molar-refractivity contribution in [3.8, 4) is 28.6 Å². The van der Waals surface area contributed by atoms with Crippen molar-refractivity contribution in [3.05, 3.63) is 82.3 Å². The summed E-state index contributed by atoms with van der Waals surface area (Å²) < 4.78 is 8.44. The minimum atomic E-state index is -0.261. The third-order valence-corrected chi connectivity index (χ3v) is 4.68. The second-order valence-electron chi connectivity index (χ2n) is 6.51. The van der Waals surface area contributed by atoms with Crippen LogP contribution in [0.1, 0.15) is 17.0 Å². The summed E-state index contributed by atoms with van der Waals surface area (Å²) in [6.07, 6.45) is 3.48. The zero-order chi connectivity index (χ0) is 20.4. The first kappa shape index (κ1) is 18.3. The highest BCUT2D eigenvalue weighted by molar-refractivity contribution is 5.71. The van der Waals surface area contributed by atoms with Crippen LogP contribution < -0.4 is 10.4 Å². The van der Waals surface area contributed by atoms with Crippen LogP contribution >= 0.6 is 0 Å². The number of nitrogens with zero attached hydrogens (tertiary/aromatic N) is 5. The first-order chi connectivity index (χ1) is 14.1. The second kappa shape index (κ2) is 7.48. The van der Waals surface area contributed by atoms with Gasteiger partial charge in [0.1, 0.15) is 11.6 Å². The minimum absolute atomic E-state index is 0.261. The van der Waals surface area contributed by atoms with Crippen LogP contribution in [0.2, 0.25) is 0 Å². The molecule has 4 rings (SSSR count). The van der Waals surface area contributed by atoms with Crippen LogP contribution in [0.3, 0.4) is 0 Å². The number of benzene rings is 2. The molecule has 0 aliphatic heterocycles. The van der Waals surface area contributed by atoms with Gasteiger partial charge < -0.3 is 4.74 Å². The Morgan fingerprint density at radius 3 is 2.83 bits per heavy atom. The van der Waals surface area contributed by atoms with E-state index in [1.165, 1.54) is 4.68 Å². The molecule has 0 saturated carbocycles. The zero-order valence-corrected chi connectivity index (χ0v) is 16.0. The zero-order valence-electron chi connectivity index (χ0n) is 16.0. The summed E-state index contributed by atoms with van der Waals surface area (Å²) in [5.74, 6) is 1.19. The van der Waals surface area contributed by atoms with Gasteiger partial charge in [0.05, 0.1) is 37.2 Å². The molecule has 0 aliphatic carbocycles. The lowest BCUT2D eigenvalue weighted by molar-refractivity contribution is 0.416. The molecule has 8 nitrogen and oxygen atoms in total. The van der Waals surface area contributed by atoms with Gasteiger partial charge in [-0.05, 0) is 36.8 Å². The lowest BCUT2D eigenvalue weighted by Crippen LogP contribution is -2.24. The van der Waals surface area contributed by atoms with Gasteiger partial charge in [-0.2, -0.15) is 20.1 Å². The molecule has 144 valence electrons. The summed E-state index contributed by atoms with van der Waals surface area (Å²) in [7, 11) is 1.58. The third kappa shape index (κ3) is 3.41. The summed E-state index contributed by atoms with van der Waals surface area (Å²) in [6.45, 7) is 2.12. The minimum Gasteiger partial charge on any atom is -0.496 e. The Morgan fingerprint density at radius 1 is 1.24 bits per heavy atom. The number of hydrogen-bond acceptors (Lipinski definition) is 5. The van der Waals surface area contributed by atoms with Crippen LogP contribution in [0.5, 0.6) is 5.75 Å². The molecule has 2 aromatic carbocycles. The Balaban J connectivity index is 1.72. The highest BCUT2D eigenvalue weighted by Gasteiger charge is 2.15. The van der Waals surface area contributed by atoms with Crippen molar-refractivity contribution >= 4 is 0 Å². The van der Waals surface area contributed by atoms with Gasteiger partial charge in [0.25, 0.3) is 0 Å². The Labute approximate surface area is 166 Å². The van der Waals surface area contributed by atoms with E-state index in [1.807, 2.05) is 18.2 Å². The van der Waals surface area contributed by atoms with E-state index in [2.05, 4.69) is 21.4 Å². The highest BCUT2D eigenvalue weighted by Crippen LogP contribution is 2.30. The maximum absolute atomic E-state index is 13.0. The number of aromatic nitrogens is 5. The molecule has 0 spiro atoms. The number of rotatable bonds is 5. The maximum Gasteiger partial charge on any atom is 0.351 e. The lowest BCUT2D eigenvalue weighted by Gasteiger charge is -2.09. The molecule has 2 heterocycles. The van der Waals surface area contributed by atoms with Gasteiger partial charge in [-0.15, -0.1) is 0 Å². The van der Waals surface area contributed by atoms with E-state index in [0.29, 0.717) is 29.4 Å². The van der Waals surface area contributed by atoms with Crippen LogP contribution in [-0.2, 0) is 6.54 Å². The topological polar surface area (TPSA) is 102 Å². The summed E-state index contributed by atoms with van der Waals surface area (Å²) >= 11 is 0. The molecule has 0 saturated heterocycles. The van der Waals surface area contributed by atoms with Gasteiger partial charge in [0.2, 0.25) is 0 Å². The van der Waals surface area contributed by atoms with Crippen molar-refractivity contribution in [2.24, 2.45) is 0 Å². The molecule has 8 heteroatoms. The Hall–Kier alpha value is -4.12. The number of nitrogens with one attached hydrogen (secondary N) is 1. The highest BCUT2D eigenvalue weighted by atomic mass is 16.5. The van der Waals surface area contributed by atoms with Gasteiger partial charge in [-0.1, -0.05) is 12.1 Å². The fraction of sp³-hybridized carbons (Fsp3) is 0.143. The molecule has 0 unspecified atom stereocenters. The van der Waals surface area contributed by atoms with Gasteiger partial charge in [0.15, 0.2) is 0 Å². The number of H-pyrrole nitrogens is 1. The van der Waals surface area contributed by atoms with Gasteiger partial charge in [0, 0.05) is 23.4 Å². The summed E-state index contributed by atoms with van der Waals surface area (Å²) in [5, 5.41) is 20.2. The number of methoxy groups -OCH3 is 1. The number of aromatic amines is 1. The fourth-order valence-corrected chi connectivity index (χ4v) is 3.21. The number of ether oxygens (including phenoxy) is 1. The van der Waals surface area contributed by atoms with Crippen molar-refractivity contribution in [1.82, 2.24) is 24.5 Å². The molecule has 2 aromatic heterocycles. The van der Waals surface area contributed by atoms with E-state index in [0.717, 1.165) is 16.7 Å². The van der Waals surface area contributed by atoms with Gasteiger partial charge >= 0.3 is 5.69 Å². The van der Waals surface area contributed by atoms with E-state index in [1.54, 1.807) is 55.3 Å². The van der Waals surface area contributed by atoms with Crippen LogP contribution in [0.25, 0.3) is 16.8 Å². The smallest absolute Gasteiger partial charge is 0.351 e. The Bertz CT molecular complexity index is 1260. The largest absolute Gasteiger partial charge is 0.496 e. The quantitative estimate of drug-likeness (QED) is 0.568. The molecular formula is C21H18N6O2. The Morgan fingerprint density at radius 2 is 2.10 bits per heavy atom. The summed E-state index contributed by atoms with van der Waals surface area (Å²) in [6, 6.07) is 14.8. The van der Waals surface area contributed by atoms with E-state index < -0.39 is 0 Å². The third-order valence-electron chi connectivity index (χ3n) is 4.68. The van der Waals surface area contributed by atoms with E-state index >= 15 is 0 Å². The molecule has 0 fully saturated rings. The van der Waals surface area contributed by atoms with Gasteiger partial charge in [-0.3, -0.25) is 9.67 Å². The molecule has 1 N–H and O–H groups in total. The first-order valence-electron chi connectivity index (χ1n) is 8.94. The van der Waals surface area contributed by atoms with Crippen LogP contribution in [0.15, 0.2) is 59.7 Å². The normalized spacial score (nSPS) is 10.7. The first-order valence-corrected chi connectivity index (χ1v) is 8.94. The average molecular weight is 386 g/mol. The van der Waals surface area contributed by atoms with Crippen LogP contribution in [0, 0.1) is 18.3 Å². The van der Waals surface area contributed by atoms with Gasteiger partial charge in [-0.25, -0.2) is 4.79 Å². The summed E-state index contributed by atoms with van der Waals surface area (Å²) in [5.41, 5.74) is 3.51. The number of hydrogen-bond donors (Lipinski definition) is 1.